The van der Waals surface area contributed by atoms with Crippen LogP contribution in [-0.4, -0.2) is 32.2 Å². The number of hydrogen-bond donors (Lipinski definition) is 0. The zero-order chi connectivity index (χ0) is 15.6. The van der Waals surface area contributed by atoms with E-state index in [9.17, 15) is 0 Å². The molecule has 0 atom stereocenters. The van der Waals surface area contributed by atoms with Crippen molar-refractivity contribution in [1.29, 1.82) is 0 Å². The van der Waals surface area contributed by atoms with Crippen LogP contribution in [0.1, 0.15) is 23.1 Å². The highest BCUT2D eigenvalue weighted by molar-refractivity contribution is 5.84. The summed E-state index contributed by atoms with van der Waals surface area (Å²) in [7, 11) is 6.70. The van der Waals surface area contributed by atoms with Gasteiger partial charge in [-0.1, -0.05) is 48.5 Å². The Balaban J connectivity index is 0.00000192. The average Bonchev–Trinajstić information content (AvgIpc) is 2.64. The van der Waals surface area contributed by atoms with E-state index in [-0.39, 0.29) is 12.4 Å². The Labute approximate surface area is 145 Å². The summed E-state index contributed by atoms with van der Waals surface area (Å²) in [6.45, 7) is 1.76. The quantitative estimate of drug-likeness (QED) is 0.767. The molecule has 0 unspecified atom stereocenters. The summed E-state index contributed by atoms with van der Waals surface area (Å²) in [4.78, 5) is 0. The fraction of sp³-hybridized carbons (Fsp3) is 0.300. The second kappa shape index (κ2) is 7.20. The van der Waals surface area contributed by atoms with Crippen molar-refractivity contribution in [3.63, 3.8) is 0 Å². The second-order valence-corrected chi connectivity index (χ2v) is 6.86. The topological polar surface area (TPSA) is 9.23 Å². The number of fused-ring (bicyclic) bond motifs is 2. The molecule has 2 aromatic rings. The third kappa shape index (κ3) is 4.15. The Morgan fingerprint density at radius 2 is 1.61 bits per heavy atom. The molecule has 2 nitrogen and oxygen atoms in total. The van der Waals surface area contributed by atoms with Gasteiger partial charge < -0.3 is 21.6 Å². The van der Waals surface area contributed by atoms with E-state index in [0.29, 0.717) is 6.61 Å². The van der Waals surface area contributed by atoms with Crippen LogP contribution in [0.15, 0.2) is 54.6 Å². The number of halogens is 1. The molecule has 1 aliphatic heterocycles. The third-order valence-electron chi connectivity index (χ3n) is 4.02. The first-order valence-corrected chi connectivity index (χ1v) is 7.86. The molecule has 3 heteroatoms. The van der Waals surface area contributed by atoms with Gasteiger partial charge in [-0.25, -0.2) is 0 Å². The molecule has 122 valence electrons. The summed E-state index contributed by atoms with van der Waals surface area (Å²) < 4.78 is 6.98. The summed E-state index contributed by atoms with van der Waals surface area (Å²) in [5.74, 6) is 0.982. The van der Waals surface area contributed by atoms with Crippen molar-refractivity contribution in [3.8, 4) is 5.75 Å². The standard InChI is InChI=1S/C20H24NO.ClH/c1-21(2,3)14-8-12-18-17-10-5-4-9-16(17)15-22-20-13-7-6-11-19(18)20;/h4-7,9-13H,8,14-15H2,1-3H3;1H/q+1;/p-1/b18-12-;. The van der Waals surface area contributed by atoms with Gasteiger partial charge in [0.25, 0.3) is 0 Å². The van der Waals surface area contributed by atoms with Crippen molar-refractivity contribution in [1.82, 2.24) is 0 Å². The van der Waals surface area contributed by atoms with Gasteiger partial charge in [-0.05, 0) is 22.8 Å². The molecule has 1 aliphatic rings. The van der Waals surface area contributed by atoms with E-state index < -0.39 is 0 Å². The van der Waals surface area contributed by atoms with Gasteiger partial charge in [0, 0.05) is 12.0 Å². The molecule has 0 aliphatic carbocycles. The summed E-state index contributed by atoms with van der Waals surface area (Å²) in [6.07, 6.45) is 3.43. The van der Waals surface area contributed by atoms with Crippen molar-refractivity contribution < 1.29 is 21.6 Å². The molecule has 0 fully saturated rings. The second-order valence-electron chi connectivity index (χ2n) is 6.86. The third-order valence-corrected chi connectivity index (χ3v) is 4.02. The SMILES string of the molecule is C[N+](C)(C)CC/C=C1/c2ccccc2COc2ccccc21.[Cl-]. The number of benzene rings is 2. The van der Waals surface area contributed by atoms with E-state index in [1.807, 2.05) is 6.07 Å². The average molecular weight is 330 g/mol. The predicted molar refractivity (Wildman–Crippen MR) is 91.8 cm³/mol. The zero-order valence-electron chi connectivity index (χ0n) is 14.1. The van der Waals surface area contributed by atoms with Crippen LogP contribution in [0, 0.1) is 0 Å². The Bertz CT molecular complexity index is 651. The highest BCUT2D eigenvalue weighted by Gasteiger charge is 2.18. The number of ether oxygens (including phenoxy) is 1. The molecule has 0 spiro atoms. The first-order chi connectivity index (χ1) is 10.5. The molecule has 3 rings (SSSR count). The van der Waals surface area contributed by atoms with Gasteiger partial charge in [0.05, 0.1) is 27.7 Å². The molecule has 0 aromatic heterocycles. The zero-order valence-corrected chi connectivity index (χ0v) is 14.8. The van der Waals surface area contributed by atoms with Crippen LogP contribution in [0.25, 0.3) is 5.57 Å². The van der Waals surface area contributed by atoms with E-state index >= 15 is 0 Å². The molecule has 0 N–H and O–H groups in total. The van der Waals surface area contributed by atoms with Crippen molar-refractivity contribution >= 4 is 5.57 Å². The molecule has 0 bridgehead atoms. The van der Waals surface area contributed by atoms with Gasteiger partial charge in [-0.15, -0.1) is 0 Å². The molecule has 1 heterocycles. The predicted octanol–water partition coefficient (Wildman–Crippen LogP) is 1.11. The first kappa shape index (κ1) is 17.6. The molecule has 0 saturated heterocycles. The van der Waals surface area contributed by atoms with Crippen LogP contribution in [0.3, 0.4) is 0 Å². The van der Waals surface area contributed by atoms with Gasteiger partial charge in [0.1, 0.15) is 12.4 Å². The van der Waals surface area contributed by atoms with E-state index in [1.54, 1.807) is 0 Å². The van der Waals surface area contributed by atoms with Crippen molar-refractivity contribution in [2.24, 2.45) is 0 Å². The maximum absolute atomic E-state index is 6.01. The van der Waals surface area contributed by atoms with Crippen LogP contribution in [0.2, 0.25) is 0 Å². The lowest BCUT2D eigenvalue weighted by atomic mass is 9.93. The number of rotatable bonds is 3. The molecular formula is C20H24ClNO. The first-order valence-electron chi connectivity index (χ1n) is 7.86. The number of para-hydroxylation sites is 1. The lowest BCUT2D eigenvalue weighted by Gasteiger charge is -2.23. The van der Waals surface area contributed by atoms with Gasteiger partial charge in [0.15, 0.2) is 0 Å². The normalized spacial score (nSPS) is 15.0. The van der Waals surface area contributed by atoms with E-state index in [2.05, 4.69) is 69.7 Å². The minimum Gasteiger partial charge on any atom is -1.00 e. The number of hydrogen-bond acceptors (Lipinski definition) is 1. The van der Waals surface area contributed by atoms with Crippen LogP contribution in [0.4, 0.5) is 0 Å². The molecule has 0 saturated carbocycles. The largest absolute Gasteiger partial charge is 1.00 e. The molecular weight excluding hydrogens is 306 g/mol. The summed E-state index contributed by atoms with van der Waals surface area (Å²) >= 11 is 0. The minimum atomic E-state index is 0. The fourth-order valence-corrected chi connectivity index (χ4v) is 2.84. The van der Waals surface area contributed by atoms with Crippen molar-refractivity contribution in [2.45, 2.75) is 13.0 Å². The maximum Gasteiger partial charge on any atom is 0.127 e. The fourth-order valence-electron chi connectivity index (χ4n) is 2.84. The van der Waals surface area contributed by atoms with Crippen LogP contribution >= 0.6 is 0 Å². The smallest absolute Gasteiger partial charge is 0.127 e. The molecule has 2 aromatic carbocycles. The van der Waals surface area contributed by atoms with Crippen LogP contribution in [-0.2, 0) is 6.61 Å². The lowest BCUT2D eigenvalue weighted by Crippen LogP contribution is -3.00. The molecule has 0 amide bonds. The lowest BCUT2D eigenvalue weighted by molar-refractivity contribution is -0.869. The minimum absolute atomic E-state index is 0. The highest BCUT2D eigenvalue weighted by Crippen LogP contribution is 2.36. The van der Waals surface area contributed by atoms with Gasteiger partial charge >= 0.3 is 0 Å². The van der Waals surface area contributed by atoms with E-state index in [0.717, 1.165) is 23.2 Å². The Morgan fingerprint density at radius 1 is 0.957 bits per heavy atom. The maximum atomic E-state index is 6.01. The Morgan fingerprint density at radius 3 is 2.35 bits per heavy atom. The molecule has 0 radical (unpaired) electrons. The Hall–Kier alpha value is -1.77. The van der Waals surface area contributed by atoms with Gasteiger partial charge in [-0.3, -0.25) is 0 Å². The summed E-state index contributed by atoms with van der Waals surface area (Å²) in [5, 5.41) is 0. The van der Waals surface area contributed by atoms with E-state index in [4.69, 9.17) is 4.74 Å². The number of nitrogens with zero attached hydrogens (tertiary/aromatic N) is 1. The monoisotopic (exact) mass is 329 g/mol. The van der Waals surface area contributed by atoms with Gasteiger partial charge in [0.2, 0.25) is 0 Å². The van der Waals surface area contributed by atoms with E-state index in [1.165, 1.54) is 22.3 Å². The van der Waals surface area contributed by atoms with Crippen molar-refractivity contribution in [2.75, 3.05) is 27.7 Å². The Kier molecular flexibility index (Phi) is 5.51. The van der Waals surface area contributed by atoms with Crippen LogP contribution in [0.5, 0.6) is 5.75 Å². The summed E-state index contributed by atoms with van der Waals surface area (Å²) in [6, 6.07) is 16.9. The summed E-state index contributed by atoms with van der Waals surface area (Å²) in [5.41, 5.74) is 5.06. The number of quaternary nitrogens is 1. The van der Waals surface area contributed by atoms with Crippen molar-refractivity contribution in [3.05, 3.63) is 71.3 Å². The van der Waals surface area contributed by atoms with Crippen LogP contribution < -0.4 is 17.1 Å². The molecule has 23 heavy (non-hydrogen) atoms. The highest BCUT2D eigenvalue weighted by atomic mass is 35.5. The van der Waals surface area contributed by atoms with Gasteiger partial charge in [-0.2, -0.15) is 0 Å².